The second-order valence-corrected chi connectivity index (χ2v) is 4.03. The van der Waals surface area contributed by atoms with Gasteiger partial charge in [-0.15, -0.1) is 0 Å². The van der Waals surface area contributed by atoms with Gasteiger partial charge in [-0.05, 0) is 18.3 Å². The normalized spacial score (nSPS) is 9.45. The third-order valence-corrected chi connectivity index (χ3v) is 2.39. The van der Waals surface area contributed by atoms with Crippen LogP contribution >= 0.6 is 12.2 Å². The highest BCUT2D eigenvalue weighted by Crippen LogP contribution is 2.12. The van der Waals surface area contributed by atoms with E-state index >= 15 is 0 Å². The monoisotopic (exact) mass is 296 g/mol. The highest BCUT2D eigenvalue weighted by Gasteiger charge is 2.11. The number of rotatable bonds is 3. The fraction of sp³-hybridized carbons (Fsp3) is 0.182. The summed E-state index contributed by atoms with van der Waals surface area (Å²) in [6.07, 6.45) is 0.251. The molecule has 0 unspecified atom stereocenters. The van der Waals surface area contributed by atoms with E-state index in [0.717, 1.165) is 6.07 Å². The first-order valence-corrected chi connectivity index (χ1v) is 5.99. The number of thiocarbonyl (C=S) groups is 1. The predicted octanol–water partition coefficient (Wildman–Crippen LogP) is 0.640. The number of nitro groups is 1. The molecular formula is C11H12N4O4S. The molecule has 0 radical (unpaired) electrons. The highest BCUT2D eigenvalue weighted by atomic mass is 32.1. The summed E-state index contributed by atoms with van der Waals surface area (Å²) in [5.74, 6) is -0.908. The quantitative estimate of drug-likeness (QED) is 0.428. The smallest absolute Gasteiger partial charge is 0.270 e. The minimum atomic E-state index is -0.609. The van der Waals surface area contributed by atoms with Crippen LogP contribution in [0.3, 0.4) is 0 Å². The van der Waals surface area contributed by atoms with Crippen LogP contribution in [0.15, 0.2) is 24.3 Å². The second kappa shape index (κ2) is 7.14. The number of nitro benzene ring substituents is 1. The summed E-state index contributed by atoms with van der Waals surface area (Å²) in [5.41, 5.74) is 4.45. The first-order chi connectivity index (χ1) is 9.43. The standard InChI is InChI=1S/C11H12N4O4S/c1-2-9(16)12-11(20)14-13-10(17)7-4-3-5-8(6-7)15(18)19/h3-6H,2H2,1H3,(H,13,17)(H2,12,14,16,20). The second-order valence-electron chi connectivity index (χ2n) is 3.62. The molecule has 20 heavy (non-hydrogen) atoms. The zero-order valence-corrected chi connectivity index (χ0v) is 11.3. The van der Waals surface area contributed by atoms with Gasteiger partial charge in [-0.2, -0.15) is 0 Å². The zero-order chi connectivity index (χ0) is 15.1. The maximum atomic E-state index is 11.7. The van der Waals surface area contributed by atoms with Gasteiger partial charge in [0.05, 0.1) is 4.92 Å². The van der Waals surface area contributed by atoms with Crippen molar-refractivity contribution in [1.82, 2.24) is 16.2 Å². The summed E-state index contributed by atoms with van der Waals surface area (Å²) in [6.45, 7) is 1.65. The van der Waals surface area contributed by atoms with Crippen molar-refractivity contribution in [2.75, 3.05) is 0 Å². The van der Waals surface area contributed by atoms with E-state index in [1.807, 2.05) is 0 Å². The lowest BCUT2D eigenvalue weighted by atomic mass is 10.2. The Bertz CT molecular complexity index is 561. The molecule has 0 saturated carbocycles. The Morgan fingerprint density at radius 2 is 2.05 bits per heavy atom. The van der Waals surface area contributed by atoms with Gasteiger partial charge in [-0.1, -0.05) is 13.0 Å². The molecule has 1 aromatic carbocycles. The minimum absolute atomic E-state index is 0.0596. The lowest BCUT2D eigenvalue weighted by Crippen LogP contribution is -2.48. The maximum absolute atomic E-state index is 11.7. The van der Waals surface area contributed by atoms with Gasteiger partial charge in [0.1, 0.15) is 0 Å². The Kier molecular flexibility index (Phi) is 5.54. The van der Waals surface area contributed by atoms with Crippen LogP contribution in [0.5, 0.6) is 0 Å². The molecule has 0 atom stereocenters. The van der Waals surface area contributed by atoms with Crippen LogP contribution in [-0.2, 0) is 4.79 Å². The van der Waals surface area contributed by atoms with Crippen LogP contribution in [0.4, 0.5) is 5.69 Å². The molecule has 0 saturated heterocycles. The number of nitrogens with zero attached hydrogens (tertiary/aromatic N) is 1. The number of hydrogen-bond donors (Lipinski definition) is 3. The van der Waals surface area contributed by atoms with Gasteiger partial charge in [0.2, 0.25) is 5.91 Å². The van der Waals surface area contributed by atoms with Gasteiger partial charge in [-0.3, -0.25) is 30.6 Å². The van der Waals surface area contributed by atoms with Crippen molar-refractivity contribution in [2.45, 2.75) is 13.3 Å². The van der Waals surface area contributed by atoms with Crippen molar-refractivity contribution in [3.05, 3.63) is 39.9 Å². The Labute approximate surface area is 119 Å². The molecule has 0 bridgehead atoms. The van der Waals surface area contributed by atoms with E-state index in [1.54, 1.807) is 6.92 Å². The number of non-ortho nitro benzene ring substituents is 1. The molecule has 0 fully saturated rings. The zero-order valence-electron chi connectivity index (χ0n) is 10.5. The van der Waals surface area contributed by atoms with E-state index in [2.05, 4.69) is 16.2 Å². The average molecular weight is 296 g/mol. The molecule has 1 aromatic rings. The summed E-state index contributed by atoms with van der Waals surface area (Å²) in [5, 5.41) is 12.9. The molecule has 3 N–H and O–H groups in total. The molecule has 0 heterocycles. The summed E-state index contributed by atoms with van der Waals surface area (Å²) in [4.78, 5) is 32.7. The lowest BCUT2D eigenvalue weighted by molar-refractivity contribution is -0.384. The Morgan fingerprint density at radius 3 is 2.65 bits per heavy atom. The van der Waals surface area contributed by atoms with Crippen LogP contribution in [0.2, 0.25) is 0 Å². The van der Waals surface area contributed by atoms with Crippen LogP contribution in [-0.4, -0.2) is 21.9 Å². The van der Waals surface area contributed by atoms with Gasteiger partial charge < -0.3 is 5.32 Å². The molecule has 9 heteroatoms. The average Bonchev–Trinajstić information content (AvgIpc) is 2.44. The Hall–Kier alpha value is -2.55. The van der Waals surface area contributed by atoms with E-state index in [9.17, 15) is 19.7 Å². The number of amides is 2. The van der Waals surface area contributed by atoms with Crippen molar-refractivity contribution in [2.24, 2.45) is 0 Å². The Balaban J connectivity index is 2.59. The van der Waals surface area contributed by atoms with Crippen molar-refractivity contribution in [1.29, 1.82) is 0 Å². The minimum Gasteiger partial charge on any atom is -0.302 e. The van der Waals surface area contributed by atoms with Crippen molar-refractivity contribution in [3.8, 4) is 0 Å². The van der Waals surface area contributed by atoms with Crippen molar-refractivity contribution in [3.63, 3.8) is 0 Å². The molecule has 0 aromatic heterocycles. The number of nitrogens with one attached hydrogen (secondary N) is 3. The van der Waals surface area contributed by atoms with Crippen LogP contribution < -0.4 is 16.2 Å². The summed E-state index contributed by atoms with van der Waals surface area (Å²) in [7, 11) is 0. The molecule has 106 valence electrons. The van der Waals surface area contributed by atoms with Crippen molar-refractivity contribution >= 4 is 34.8 Å². The lowest BCUT2D eigenvalue weighted by Gasteiger charge is -2.09. The van der Waals surface area contributed by atoms with E-state index in [1.165, 1.54) is 18.2 Å². The van der Waals surface area contributed by atoms with Crippen LogP contribution in [0.25, 0.3) is 0 Å². The molecule has 0 aliphatic heterocycles. The predicted molar refractivity (Wildman–Crippen MR) is 74.7 cm³/mol. The summed E-state index contributed by atoms with van der Waals surface area (Å²) < 4.78 is 0. The van der Waals surface area contributed by atoms with Crippen molar-refractivity contribution < 1.29 is 14.5 Å². The largest absolute Gasteiger partial charge is 0.302 e. The first-order valence-electron chi connectivity index (χ1n) is 5.58. The summed E-state index contributed by atoms with van der Waals surface area (Å²) in [6, 6.07) is 5.21. The van der Waals surface area contributed by atoms with Gasteiger partial charge in [-0.25, -0.2) is 0 Å². The van der Waals surface area contributed by atoms with Crippen LogP contribution in [0.1, 0.15) is 23.7 Å². The third-order valence-electron chi connectivity index (χ3n) is 2.18. The molecule has 2 amide bonds. The van der Waals surface area contributed by atoms with E-state index < -0.39 is 10.8 Å². The van der Waals surface area contributed by atoms with E-state index in [4.69, 9.17) is 12.2 Å². The number of carbonyl (C=O) groups is 2. The molecule has 0 aliphatic carbocycles. The fourth-order valence-corrected chi connectivity index (χ4v) is 1.36. The molecule has 8 nitrogen and oxygen atoms in total. The molecular weight excluding hydrogens is 284 g/mol. The van der Waals surface area contributed by atoms with Gasteiger partial charge in [0, 0.05) is 24.1 Å². The topological polar surface area (TPSA) is 113 Å². The third kappa shape index (κ3) is 4.61. The summed E-state index contributed by atoms with van der Waals surface area (Å²) >= 11 is 4.77. The Morgan fingerprint density at radius 1 is 1.35 bits per heavy atom. The first kappa shape index (κ1) is 15.5. The maximum Gasteiger partial charge on any atom is 0.270 e. The molecule has 0 spiro atoms. The number of hydrogen-bond acceptors (Lipinski definition) is 5. The van der Waals surface area contributed by atoms with E-state index in [-0.39, 0.29) is 28.7 Å². The highest BCUT2D eigenvalue weighted by molar-refractivity contribution is 7.80. The SMILES string of the molecule is CCC(=O)NC(=S)NNC(=O)c1cccc([N+](=O)[O-])c1. The van der Waals surface area contributed by atoms with Gasteiger partial charge in [0.15, 0.2) is 5.11 Å². The number of benzene rings is 1. The van der Waals surface area contributed by atoms with Crippen LogP contribution in [0, 0.1) is 10.1 Å². The van der Waals surface area contributed by atoms with Gasteiger partial charge in [0.25, 0.3) is 11.6 Å². The molecule has 0 aliphatic rings. The fourth-order valence-electron chi connectivity index (χ4n) is 1.19. The van der Waals surface area contributed by atoms with Gasteiger partial charge >= 0.3 is 0 Å². The molecule has 1 rings (SSSR count). The van der Waals surface area contributed by atoms with E-state index in [0.29, 0.717) is 0 Å². The number of hydrazine groups is 1. The number of carbonyl (C=O) groups excluding carboxylic acids is 2.